The van der Waals surface area contributed by atoms with Gasteiger partial charge in [-0.3, -0.25) is 9.59 Å². The van der Waals surface area contributed by atoms with Gasteiger partial charge in [-0.25, -0.2) is 4.79 Å². The highest BCUT2D eigenvalue weighted by molar-refractivity contribution is 5.92. The molecule has 0 bridgehead atoms. The Bertz CT molecular complexity index is 656. The minimum absolute atomic E-state index is 0.0975. The Morgan fingerprint density at radius 3 is 2.45 bits per heavy atom. The van der Waals surface area contributed by atoms with Crippen LogP contribution >= 0.6 is 0 Å². The predicted octanol–water partition coefficient (Wildman–Crippen LogP) is 2.77. The molecule has 0 aromatic rings. The summed E-state index contributed by atoms with van der Waals surface area (Å²) in [6, 6.07) is -1.06. The van der Waals surface area contributed by atoms with E-state index < -0.39 is 23.8 Å². The Hall–Kier alpha value is -2.09. The van der Waals surface area contributed by atoms with Crippen LogP contribution in [0.25, 0.3) is 0 Å². The summed E-state index contributed by atoms with van der Waals surface area (Å²) in [7, 11) is 0. The standard InChI is InChI=1S/C23H39N3O5/c1-7-13-30-16(3)14-15(2)19(25-22(29)31-23(4,5)6)21(28)26-12-8-9-18(26)20(27)24-17-10-11-17/h7,15-19H,1,8-14H2,2-6H3,(H,24,27)(H,25,29)/t15?,16-,18?,19?/m0/s1. The number of hydrogen-bond donors (Lipinski definition) is 2. The van der Waals surface area contributed by atoms with Gasteiger partial charge in [0.1, 0.15) is 17.7 Å². The Morgan fingerprint density at radius 2 is 1.87 bits per heavy atom. The lowest BCUT2D eigenvalue weighted by Crippen LogP contribution is -2.56. The smallest absolute Gasteiger partial charge is 0.408 e. The summed E-state index contributed by atoms with van der Waals surface area (Å²) in [6.07, 6.45) is 4.87. The summed E-state index contributed by atoms with van der Waals surface area (Å²) in [4.78, 5) is 40.3. The van der Waals surface area contributed by atoms with Gasteiger partial charge in [-0.1, -0.05) is 13.0 Å². The maximum absolute atomic E-state index is 13.5. The van der Waals surface area contributed by atoms with E-state index in [4.69, 9.17) is 9.47 Å². The third kappa shape index (κ3) is 8.16. The first-order chi connectivity index (χ1) is 14.5. The van der Waals surface area contributed by atoms with Gasteiger partial charge >= 0.3 is 6.09 Å². The van der Waals surface area contributed by atoms with Crippen LogP contribution in [0.15, 0.2) is 12.7 Å². The van der Waals surface area contributed by atoms with E-state index in [2.05, 4.69) is 17.2 Å². The lowest BCUT2D eigenvalue weighted by Gasteiger charge is -2.33. The van der Waals surface area contributed by atoms with Crippen LogP contribution in [0, 0.1) is 5.92 Å². The molecule has 1 saturated heterocycles. The average molecular weight is 438 g/mol. The third-order valence-electron chi connectivity index (χ3n) is 5.47. The molecule has 1 aliphatic carbocycles. The molecule has 2 rings (SSSR count). The number of carbonyl (C=O) groups is 3. The van der Waals surface area contributed by atoms with Crippen LogP contribution in [0.2, 0.25) is 0 Å². The van der Waals surface area contributed by atoms with Gasteiger partial charge in [-0.2, -0.15) is 0 Å². The van der Waals surface area contributed by atoms with Crippen molar-refractivity contribution in [1.82, 2.24) is 15.5 Å². The third-order valence-corrected chi connectivity index (χ3v) is 5.47. The van der Waals surface area contributed by atoms with Gasteiger partial charge in [0.25, 0.3) is 0 Å². The molecule has 0 aromatic carbocycles. The van der Waals surface area contributed by atoms with Crippen molar-refractivity contribution < 1.29 is 23.9 Å². The fourth-order valence-electron chi connectivity index (χ4n) is 3.85. The van der Waals surface area contributed by atoms with Gasteiger partial charge in [0.15, 0.2) is 0 Å². The molecule has 3 unspecified atom stereocenters. The molecular weight excluding hydrogens is 398 g/mol. The van der Waals surface area contributed by atoms with Crippen molar-refractivity contribution in [3.05, 3.63) is 12.7 Å². The number of nitrogens with zero attached hydrogens (tertiary/aromatic N) is 1. The Balaban J connectivity index is 2.12. The summed E-state index contributed by atoms with van der Waals surface area (Å²) in [6.45, 7) is 13.7. The Labute approximate surface area is 186 Å². The number of nitrogens with one attached hydrogen (secondary N) is 2. The molecule has 1 aliphatic heterocycles. The largest absolute Gasteiger partial charge is 0.444 e. The number of ether oxygens (including phenoxy) is 2. The number of amides is 3. The zero-order valence-electron chi connectivity index (χ0n) is 19.6. The van der Waals surface area contributed by atoms with E-state index in [1.165, 1.54) is 0 Å². The highest BCUT2D eigenvalue weighted by atomic mass is 16.6. The van der Waals surface area contributed by atoms with E-state index in [9.17, 15) is 14.4 Å². The number of hydrogen-bond acceptors (Lipinski definition) is 5. The van der Waals surface area contributed by atoms with Crippen LogP contribution in [0.1, 0.15) is 66.7 Å². The molecule has 8 heteroatoms. The fourth-order valence-corrected chi connectivity index (χ4v) is 3.85. The number of likely N-dealkylation sites (tertiary alicyclic amines) is 1. The van der Waals surface area contributed by atoms with E-state index in [0.717, 1.165) is 19.3 Å². The SMILES string of the molecule is C=CCO[C@@H](C)CC(C)C(NC(=O)OC(C)(C)C)C(=O)N1CCCC1C(=O)NC1CC1. The van der Waals surface area contributed by atoms with Crippen LogP contribution in [0.5, 0.6) is 0 Å². The van der Waals surface area contributed by atoms with Gasteiger partial charge < -0.3 is 25.0 Å². The minimum atomic E-state index is -0.807. The summed E-state index contributed by atoms with van der Waals surface area (Å²) in [5, 5.41) is 5.77. The number of carbonyl (C=O) groups excluding carboxylic acids is 3. The van der Waals surface area contributed by atoms with Crippen molar-refractivity contribution in [2.45, 2.75) is 96.6 Å². The maximum Gasteiger partial charge on any atom is 0.408 e. The fraction of sp³-hybridized carbons (Fsp3) is 0.783. The second-order valence-electron chi connectivity index (χ2n) is 9.74. The molecule has 1 saturated carbocycles. The lowest BCUT2D eigenvalue weighted by molar-refractivity contribution is -0.141. The molecule has 8 nitrogen and oxygen atoms in total. The summed E-state index contributed by atoms with van der Waals surface area (Å²) >= 11 is 0. The maximum atomic E-state index is 13.5. The van der Waals surface area contributed by atoms with Gasteiger partial charge in [-0.05, 0) is 65.7 Å². The highest BCUT2D eigenvalue weighted by Gasteiger charge is 2.41. The van der Waals surface area contributed by atoms with Crippen molar-refractivity contribution in [1.29, 1.82) is 0 Å². The molecule has 0 aromatic heterocycles. The molecule has 176 valence electrons. The summed E-state index contributed by atoms with van der Waals surface area (Å²) in [5.74, 6) is -0.560. The molecule has 2 aliphatic rings. The predicted molar refractivity (Wildman–Crippen MR) is 118 cm³/mol. The second kappa shape index (κ2) is 11.0. The quantitative estimate of drug-likeness (QED) is 0.512. The van der Waals surface area contributed by atoms with Crippen molar-refractivity contribution in [2.24, 2.45) is 5.92 Å². The van der Waals surface area contributed by atoms with Crippen molar-refractivity contribution in [2.75, 3.05) is 13.2 Å². The first-order valence-corrected chi connectivity index (χ1v) is 11.3. The molecule has 3 amide bonds. The van der Waals surface area contributed by atoms with E-state index in [1.807, 2.05) is 13.8 Å². The summed E-state index contributed by atoms with van der Waals surface area (Å²) < 4.78 is 11.1. The number of rotatable bonds is 10. The van der Waals surface area contributed by atoms with Crippen LogP contribution in [-0.4, -0.2) is 65.8 Å². The Kier molecular flexibility index (Phi) is 8.91. The zero-order chi connectivity index (χ0) is 23.2. The average Bonchev–Trinajstić information content (AvgIpc) is 3.33. The monoisotopic (exact) mass is 437 g/mol. The van der Waals surface area contributed by atoms with Crippen molar-refractivity contribution >= 4 is 17.9 Å². The van der Waals surface area contributed by atoms with Gasteiger partial charge in [-0.15, -0.1) is 6.58 Å². The van der Waals surface area contributed by atoms with Crippen molar-refractivity contribution in [3.8, 4) is 0 Å². The van der Waals surface area contributed by atoms with E-state index in [-0.39, 0.29) is 29.9 Å². The summed E-state index contributed by atoms with van der Waals surface area (Å²) in [5.41, 5.74) is -0.679. The molecule has 31 heavy (non-hydrogen) atoms. The molecular formula is C23H39N3O5. The van der Waals surface area contributed by atoms with E-state index in [1.54, 1.807) is 31.7 Å². The van der Waals surface area contributed by atoms with Crippen LogP contribution < -0.4 is 10.6 Å². The zero-order valence-corrected chi connectivity index (χ0v) is 19.6. The molecule has 2 fully saturated rings. The first kappa shape index (κ1) is 25.2. The van der Waals surface area contributed by atoms with Gasteiger partial charge in [0, 0.05) is 12.6 Å². The van der Waals surface area contributed by atoms with Gasteiger partial charge in [0.05, 0.1) is 12.7 Å². The molecule has 2 N–H and O–H groups in total. The topological polar surface area (TPSA) is 97.0 Å². The van der Waals surface area contributed by atoms with E-state index >= 15 is 0 Å². The first-order valence-electron chi connectivity index (χ1n) is 11.3. The molecule has 0 spiro atoms. The number of alkyl carbamates (subject to hydrolysis) is 1. The van der Waals surface area contributed by atoms with Crippen molar-refractivity contribution in [3.63, 3.8) is 0 Å². The second-order valence-corrected chi connectivity index (χ2v) is 9.74. The van der Waals surface area contributed by atoms with Crippen LogP contribution in [0.3, 0.4) is 0 Å². The minimum Gasteiger partial charge on any atom is -0.444 e. The molecule has 1 heterocycles. The van der Waals surface area contributed by atoms with Gasteiger partial charge in [0.2, 0.25) is 11.8 Å². The normalized spacial score (nSPS) is 21.7. The molecule has 0 radical (unpaired) electrons. The lowest BCUT2D eigenvalue weighted by atomic mass is 9.94. The molecule has 4 atom stereocenters. The Morgan fingerprint density at radius 1 is 1.19 bits per heavy atom. The highest BCUT2D eigenvalue weighted by Crippen LogP contribution is 2.25. The van der Waals surface area contributed by atoms with Crippen LogP contribution in [-0.2, 0) is 19.1 Å². The van der Waals surface area contributed by atoms with E-state index in [0.29, 0.717) is 26.0 Å². The van der Waals surface area contributed by atoms with Crippen LogP contribution in [0.4, 0.5) is 4.79 Å².